The zero-order chi connectivity index (χ0) is 14.7. The summed E-state index contributed by atoms with van der Waals surface area (Å²) in [6, 6.07) is 8.18. The van der Waals surface area contributed by atoms with Crippen molar-refractivity contribution in [3.05, 3.63) is 53.3 Å². The summed E-state index contributed by atoms with van der Waals surface area (Å²) >= 11 is 1.63. The summed E-state index contributed by atoms with van der Waals surface area (Å²) in [5, 5.41) is 3.03. The predicted molar refractivity (Wildman–Crippen MR) is 84.8 cm³/mol. The SMILES string of the molecule is COc1cccc(CCn2ccnc2-c2nc(C)cs2)c1. The summed E-state index contributed by atoms with van der Waals surface area (Å²) in [7, 11) is 1.69. The molecule has 0 atom stereocenters. The molecule has 0 aliphatic heterocycles. The van der Waals surface area contributed by atoms with E-state index in [1.54, 1.807) is 18.4 Å². The first kappa shape index (κ1) is 13.8. The average Bonchev–Trinajstić information content (AvgIpc) is 3.13. The van der Waals surface area contributed by atoms with Crippen LogP contribution < -0.4 is 4.74 Å². The van der Waals surface area contributed by atoms with Crippen molar-refractivity contribution in [1.29, 1.82) is 0 Å². The van der Waals surface area contributed by atoms with E-state index in [0.29, 0.717) is 0 Å². The fourth-order valence-electron chi connectivity index (χ4n) is 2.22. The third-order valence-electron chi connectivity index (χ3n) is 3.30. The van der Waals surface area contributed by atoms with Gasteiger partial charge in [-0.05, 0) is 31.0 Å². The van der Waals surface area contributed by atoms with Crippen LogP contribution in [-0.2, 0) is 13.0 Å². The van der Waals surface area contributed by atoms with Crippen LogP contribution in [0.5, 0.6) is 5.75 Å². The van der Waals surface area contributed by atoms with Crippen LogP contribution >= 0.6 is 11.3 Å². The molecule has 3 rings (SSSR count). The molecule has 0 bridgehead atoms. The molecule has 4 nitrogen and oxygen atoms in total. The third kappa shape index (κ3) is 3.13. The maximum atomic E-state index is 5.26. The number of aromatic nitrogens is 3. The lowest BCUT2D eigenvalue weighted by Crippen LogP contribution is -2.02. The average molecular weight is 299 g/mol. The summed E-state index contributed by atoms with van der Waals surface area (Å²) in [4.78, 5) is 8.94. The van der Waals surface area contributed by atoms with E-state index in [1.165, 1.54) is 5.56 Å². The Hall–Kier alpha value is -2.14. The van der Waals surface area contributed by atoms with Gasteiger partial charge in [0.2, 0.25) is 0 Å². The van der Waals surface area contributed by atoms with E-state index in [-0.39, 0.29) is 0 Å². The Kier molecular flexibility index (Phi) is 4.01. The molecule has 0 N–H and O–H groups in total. The van der Waals surface area contributed by atoms with Crippen LogP contribution in [0.4, 0.5) is 0 Å². The molecule has 0 aliphatic rings. The van der Waals surface area contributed by atoms with Crippen LogP contribution in [0, 0.1) is 6.92 Å². The number of aryl methyl sites for hydroxylation is 3. The quantitative estimate of drug-likeness (QED) is 0.723. The molecular weight excluding hydrogens is 282 g/mol. The highest BCUT2D eigenvalue weighted by Crippen LogP contribution is 2.22. The van der Waals surface area contributed by atoms with Gasteiger partial charge in [-0.3, -0.25) is 0 Å². The monoisotopic (exact) mass is 299 g/mol. The topological polar surface area (TPSA) is 39.9 Å². The first-order valence-corrected chi connectivity index (χ1v) is 7.71. The molecule has 108 valence electrons. The van der Waals surface area contributed by atoms with Crippen molar-refractivity contribution in [2.75, 3.05) is 7.11 Å². The molecule has 0 saturated carbocycles. The van der Waals surface area contributed by atoms with Crippen LogP contribution in [0.3, 0.4) is 0 Å². The minimum atomic E-state index is 0.876. The van der Waals surface area contributed by atoms with Gasteiger partial charge in [0, 0.05) is 30.0 Å². The fourth-order valence-corrected chi connectivity index (χ4v) is 3.03. The second-order valence-corrected chi connectivity index (χ2v) is 5.70. The van der Waals surface area contributed by atoms with E-state index >= 15 is 0 Å². The minimum Gasteiger partial charge on any atom is -0.497 e. The number of methoxy groups -OCH3 is 1. The Balaban J connectivity index is 1.75. The number of nitrogens with zero attached hydrogens (tertiary/aromatic N) is 3. The Morgan fingerprint density at radius 3 is 3.00 bits per heavy atom. The Bertz CT molecular complexity index is 732. The highest BCUT2D eigenvalue weighted by molar-refractivity contribution is 7.13. The third-order valence-corrected chi connectivity index (χ3v) is 4.26. The molecule has 0 unspecified atom stereocenters. The van der Waals surface area contributed by atoms with Crippen molar-refractivity contribution in [2.45, 2.75) is 19.9 Å². The lowest BCUT2D eigenvalue weighted by Gasteiger charge is -2.07. The van der Waals surface area contributed by atoms with Crippen LogP contribution in [0.1, 0.15) is 11.3 Å². The molecule has 2 heterocycles. The summed E-state index contributed by atoms with van der Waals surface area (Å²) in [5.41, 5.74) is 2.29. The van der Waals surface area contributed by atoms with Crippen molar-refractivity contribution in [3.63, 3.8) is 0 Å². The van der Waals surface area contributed by atoms with E-state index in [0.717, 1.165) is 35.2 Å². The lowest BCUT2D eigenvalue weighted by atomic mass is 10.1. The molecular formula is C16H17N3OS. The molecule has 0 radical (unpaired) electrons. The molecule has 0 aliphatic carbocycles. The minimum absolute atomic E-state index is 0.876. The highest BCUT2D eigenvalue weighted by atomic mass is 32.1. The number of rotatable bonds is 5. The van der Waals surface area contributed by atoms with Gasteiger partial charge >= 0.3 is 0 Å². The van der Waals surface area contributed by atoms with E-state index in [2.05, 4.69) is 32.0 Å². The van der Waals surface area contributed by atoms with Gasteiger partial charge in [0.15, 0.2) is 10.8 Å². The van der Waals surface area contributed by atoms with E-state index < -0.39 is 0 Å². The van der Waals surface area contributed by atoms with E-state index in [1.807, 2.05) is 31.5 Å². The van der Waals surface area contributed by atoms with Gasteiger partial charge in [0.25, 0.3) is 0 Å². The Morgan fingerprint density at radius 1 is 1.33 bits per heavy atom. The molecule has 1 aromatic carbocycles. The lowest BCUT2D eigenvalue weighted by molar-refractivity contribution is 0.414. The Labute approximate surface area is 128 Å². The maximum absolute atomic E-state index is 5.26. The largest absolute Gasteiger partial charge is 0.497 e. The van der Waals surface area contributed by atoms with Crippen molar-refractivity contribution in [2.24, 2.45) is 0 Å². The van der Waals surface area contributed by atoms with Crippen molar-refractivity contribution in [3.8, 4) is 16.6 Å². The van der Waals surface area contributed by atoms with Gasteiger partial charge in [-0.15, -0.1) is 11.3 Å². The number of thiazole rings is 1. The van der Waals surface area contributed by atoms with Gasteiger partial charge in [0.05, 0.1) is 7.11 Å². The van der Waals surface area contributed by atoms with Crippen LogP contribution in [0.25, 0.3) is 10.8 Å². The summed E-state index contributed by atoms with van der Waals surface area (Å²) in [6.45, 7) is 2.88. The fraction of sp³-hybridized carbons (Fsp3) is 0.250. The molecule has 5 heteroatoms. The molecule has 0 saturated heterocycles. The van der Waals surface area contributed by atoms with Gasteiger partial charge in [-0.1, -0.05) is 12.1 Å². The first-order valence-electron chi connectivity index (χ1n) is 6.83. The predicted octanol–water partition coefficient (Wildman–Crippen LogP) is 3.57. The number of hydrogen-bond donors (Lipinski definition) is 0. The number of ether oxygens (including phenoxy) is 1. The summed E-state index contributed by atoms with van der Waals surface area (Å²) < 4.78 is 7.41. The molecule has 0 spiro atoms. The Morgan fingerprint density at radius 2 is 2.24 bits per heavy atom. The number of hydrogen-bond acceptors (Lipinski definition) is 4. The van der Waals surface area contributed by atoms with Crippen molar-refractivity contribution >= 4 is 11.3 Å². The summed E-state index contributed by atoms with van der Waals surface area (Å²) in [6.07, 6.45) is 4.77. The van der Waals surface area contributed by atoms with Crippen molar-refractivity contribution < 1.29 is 4.74 Å². The van der Waals surface area contributed by atoms with Crippen LogP contribution in [0.2, 0.25) is 0 Å². The first-order chi connectivity index (χ1) is 10.3. The van der Waals surface area contributed by atoms with Crippen molar-refractivity contribution in [1.82, 2.24) is 14.5 Å². The molecule has 3 aromatic rings. The molecule has 0 fully saturated rings. The van der Waals surface area contributed by atoms with Crippen LogP contribution in [-0.4, -0.2) is 21.6 Å². The smallest absolute Gasteiger partial charge is 0.169 e. The zero-order valence-electron chi connectivity index (χ0n) is 12.1. The van der Waals surface area contributed by atoms with E-state index in [9.17, 15) is 0 Å². The second kappa shape index (κ2) is 6.10. The molecule has 0 amide bonds. The summed E-state index contributed by atoms with van der Waals surface area (Å²) in [5.74, 6) is 1.84. The second-order valence-electron chi connectivity index (χ2n) is 4.84. The van der Waals surface area contributed by atoms with Crippen LogP contribution in [0.15, 0.2) is 42.0 Å². The zero-order valence-corrected chi connectivity index (χ0v) is 12.9. The number of benzene rings is 1. The molecule has 21 heavy (non-hydrogen) atoms. The van der Waals surface area contributed by atoms with Gasteiger partial charge in [0.1, 0.15) is 5.75 Å². The normalized spacial score (nSPS) is 10.8. The van der Waals surface area contributed by atoms with Gasteiger partial charge in [-0.2, -0.15) is 0 Å². The van der Waals surface area contributed by atoms with Gasteiger partial charge in [-0.25, -0.2) is 9.97 Å². The van der Waals surface area contributed by atoms with E-state index in [4.69, 9.17) is 4.74 Å². The molecule has 2 aromatic heterocycles. The maximum Gasteiger partial charge on any atom is 0.169 e. The van der Waals surface area contributed by atoms with Gasteiger partial charge < -0.3 is 9.30 Å². The number of imidazole rings is 1. The standard InChI is InChI=1S/C16H17N3OS/c1-12-11-21-16(18-12)15-17-7-9-19(15)8-6-13-4-3-5-14(10-13)20-2/h3-5,7,9-11H,6,8H2,1-2H3. The highest BCUT2D eigenvalue weighted by Gasteiger charge is 2.09.